The van der Waals surface area contributed by atoms with Gasteiger partial charge in [-0.25, -0.2) is 4.39 Å². The molecule has 0 bridgehead atoms. The average Bonchev–Trinajstić information content (AvgIpc) is 2.67. The average molecular weight is 345 g/mol. The molecule has 0 atom stereocenters. The van der Waals surface area contributed by atoms with Gasteiger partial charge in [0.15, 0.2) is 0 Å². The van der Waals surface area contributed by atoms with Crippen LogP contribution >= 0.6 is 0 Å². The van der Waals surface area contributed by atoms with E-state index in [0.717, 1.165) is 5.56 Å². The van der Waals surface area contributed by atoms with Crippen molar-refractivity contribution >= 4 is 23.5 Å². The van der Waals surface area contributed by atoms with Crippen molar-refractivity contribution in [3.8, 4) is 0 Å². The molecule has 0 aliphatic carbocycles. The van der Waals surface area contributed by atoms with Gasteiger partial charge in [-0.15, -0.1) is 0 Å². The van der Waals surface area contributed by atoms with Crippen molar-refractivity contribution in [2.45, 2.75) is 65.3 Å². The SMILES string of the molecule is Cc1c(C(C)(C)O)cnc2c(F)cc(B3OC(C)(C)C(C)(C)O3)cc12. The first-order chi connectivity index (χ1) is 11.3. The van der Waals surface area contributed by atoms with Crippen LogP contribution in [0.25, 0.3) is 10.9 Å². The number of rotatable bonds is 2. The molecular formula is C19H25BFNO3. The summed E-state index contributed by atoms with van der Waals surface area (Å²) < 4.78 is 26.7. The third-order valence-corrected chi connectivity index (χ3v) is 5.40. The zero-order chi connectivity index (χ0) is 18.8. The summed E-state index contributed by atoms with van der Waals surface area (Å²) in [4.78, 5) is 4.22. The smallest absolute Gasteiger partial charge is 0.399 e. The second-order valence-electron chi connectivity index (χ2n) is 8.34. The molecule has 1 fully saturated rings. The highest BCUT2D eigenvalue weighted by Crippen LogP contribution is 2.37. The first-order valence-electron chi connectivity index (χ1n) is 8.51. The molecule has 0 amide bonds. The summed E-state index contributed by atoms with van der Waals surface area (Å²) in [5.41, 5.74) is 0.325. The maximum absolute atomic E-state index is 14.7. The van der Waals surface area contributed by atoms with Gasteiger partial charge in [-0.3, -0.25) is 4.98 Å². The molecule has 0 unspecified atom stereocenters. The van der Waals surface area contributed by atoms with E-state index in [2.05, 4.69) is 4.98 Å². The minimum absolute atomic E-state index is 0.283. The van der Waals surface area contributed by atoms with E-state index < -0.39 is 29.7 Å². The molecule has 0 radical (unpaired) electrons. The number of benzene rings is 1. The molecule has 134 valence electrons. The van der Waals surface area contributed by atoms with Crippen molar-refractivity contribution in [2.75, 3.05) is 0 Å². The van der Waals surface area contributed by atoms with Crippen LogP contribution in [-0.4, -0.2) is 28.4 Å². The van der Waals surface area contributed by atoms with E-state index in [1.54, 1.807) is 13.8 Å². The van der Waals surface area contributed by atoms with E-state index in [4.69, 9.17) is 9.31 Å². The third kappa shape index (κ3) is 2.96. The Labute approximate surface area is 148 Å². The molecule has 0 saturated carbocycles. The van der Waals surface area contributed by atoms with Crippen LogP contribution in [0.2, 0.25) is 0 Å². The number of fused-ring (bicyclic) bond motifs is 1. The summed E-state index contributed by atoms with van der Waals surface area (Å²) >= 11 is 0. The molecule has 1 aliphatic heterocycles. The van der Waals surface area contributed by atoms with Crippen molar-refractivity contribution in [2.24, 2.45) is 0 Å². The van der Waals surface area contributed by atoms with E-state index in [1.165, 1.54) is 12.3 Å². The fourth-order valence-corrected chi connectivity index (χ4v) is 3.14. The second-order valence-corrected chi connectivity index (χ2v) is 8.34. The van der Waals surface area contributed by atoms with Gasteiger partial charge in [-0.05, 0) is 65.6 Å². The van der Waals surface area contributed by atoms with Gasteiger partial charge in [-0.1, -0.05) is 6.07 Å². The number of halogens is 1. The quantitative estimate of drug-likeness (QED) is 0.850. The van der Waals surface area contributed by atoms with E-state index in [1.807, 2.05) is 40.7 Å². The largest absolute Gasteiger partial charge is 0.494 e. The Kier molecular flexibility index (Phi) is 4.03. The van der Waals surface area contributed by atoms with Gasteiger partial charge in [0.2, 0.25) is 0 Å². The first kappa shape index (κ1) is 18.3. The Morgan fingerprint density at radius 1 is 1.12 bits per heavy atom. The van der Waals surface area contributed by atoms with Crippen molar-refractivity contribution < 1.29 is 18.8 Å². The third-order valence-electron chi connectivity index (χ3n) is 5.40. The number of hydrogen-bond acceptors (Lipinski definition) is 4. The van der Waals surface area contributed by atoms with E-state index in [9.17, 15) is 9.50 Å². The highest BCUT2D eigenvalue weighted by atomic mass is 19.1. The van der Waals surface area contributed by atoms with Gasteiger partial charge < -0.3 is 14.4 Å². The highest BCUT2D eigenvalue weighted by molar-refractivity contribution is 6.62. The lowest BCUT2D eigenvalue weighted by Crippen LogP contribution is -2.41. The lowest BCUT2D eigenvalue weighted by atomic mass is 9.77. The minimum atomic E-state index is -1.05. The predicted octanol–water partition coefficient (Wildman–Crippen LogP) is 3.21. The fourth-order valence-electron chi connectivity index (χ4n) is 3.14. The normalized spacial score (nSPS) is 19.6. The molecular weight excluding hydrogens is 320 g/mol. The molecule has 25 heavy (non-hydrogen) atoms. The molecule has 4 nitrogen and oxygen atoms in total. The van der Waals surface area contributed by atoms with Gasteiger partial charge in [0, 0.05) is 17.1 Å². The first-order valence-corrected chi connectivity index (χ1v) is 8.51. The Morgan fingerprint density at radius 2 is 1.68 bits per heavy atom. The van der Waals surface area contributed by atoms with Gasteiger partial charge in [0.25, 0.3) is 0 Å². The van der Waals surface area contributed by atoms with Gasteiger partial charge in [-0.2, -0.15) is 0 Å². The zero-order valence-corrected chi connectivity index (χ0v) is 15.9. The molecule has 6 heteroatoms. The van der Waals surface area contributed by atoms with Crippen LogP contribution in [0.4, 0.5) is 4.39 Å². The summed E-state index contributed by atoms with van der Waals surface area (Å²) in [6.07, 6.45) is 1.54. The standard InChI is InChI=1S/C19H25BFNO3/c1-11-13-8-12(20-24-18(4,5)19(6,7)25-20)9-15(21)16(13)22-10-14(11)17(2,3)23/h8-10,23H,1-7H3. The molecule has 3 rings (SSSR count). The second kappa shape index (κ2) is 5.50. The molecule has 1 N–H and O–H groups in total. The lowest BCUT2D eigenvalue weighted by molar-refractivity contribution is 0.00578. The molecule has 1 saturated heterocycles. The van der Waals surface area contributed by atoms with Crippen LogP contribution in [-0.2, 0) is 14.9 Å². The molecule has 1 aromatic heterocycles. The van der Waals surface area contributed by atoms with E-state index >= 15 is 0 Å². The van der Waals surface area contributed by atoms with Crippen LogP contribution in [0.1, 0.15) is 52.7 Å². The summed E-state index contributed by atoms with van der Waals surface area (Å²) in [5.74, 6) is -0.424. The van der Waals surface area contributed by atoms with Crippen LogP contribution in [0.3, 0.4) is 0 Å². The maximum Gasteiger partial charge on any atom is 0.494 e. The molecule has 1 aromatic carbocycles. The topological polar surface area (TPSA) is 51.6 Å². The van der Waals surface area contributed by atoms with Crippen molar-refractivity contribution in [1.82, 2.24) is 4.98 Å². The summed E-state index contributed by atoms with van der Waals surface area (Å²) in [5, 5.41) is 11.0. The van der Waals surface area contributed by atoms with Crippen molar-refractivity contribution in [3.63, 3.8) is 0 Å². The Bertz CT molecular complexity index is 827. The van der Waals surface area contributed by atoms with Crippen LogP contribution < -0.4 is 5.46 Å². The molecule has 2 heterocycles. The number of aryl methyl sites for hydroxylation is 1. The van der Waals surface area contributed by atoms with Gasteiger partial charge in [0.05, 0.1) is 16.8 Å². The number of hydrogen-bond donors (Lipinski definition) is 1. The summed E-state index contributed by atoms with van der Waals surface area (Å²) in [7, 11) is -0.644. The molecule has 0 spiro atoms. The number of nitrogens with zero attached hydrogens (tertiary/aromatic N) is 1. The predicted molar refractivity (Wildman–Crippen MR) is 97.4 cm³/mol. The zero-order valence-electron chi connectivity index (χ0n) is 15.9. The van der Waals surface area contributed by atoms with E-state index in [0.29, 0.717) is 16.4 Å². The van der Waals surface area contributed by atoms with Crippen LogP contribution in [0, 0.1) is 12.7 Å². The highest BCUT2D eigenvalue weighted by Gasteiger charge is 2.51. The maximum atomic E-state index is 14.7. The van der Waals surface area contributed by atoms with Gasteiger partial charge in [0.1, 0.15) is 11.3 Å². The van der Waals surface area contributed by atoms with Gasteiger partial charge >= 0.3 is 7.12 Å². The molecule has 2 aromatic rings. The fraction of sp³-hybridized carbons (Fsp3) is 0.526. The number of aliphatic hydroxyl groups is 1. The Balaban J connectivity index is 2.15. The Morgan fingerprint density at radius 3 is 2.20 bits per heavy atom. The number of pyridine rings is 1. The van der Waals surface area contributed by atoms with Crippen LogP contribution in [0.5, 0.6) is 0 Å². The minimum Gasteiger partial charge on any atom is -0.399 e. The van der Waals surface area contributed by atoms with E-state index in [-0.39, 0.29) is 5.52 Å². The lowest BCUT2D eigenvalue weighted by Gasteiger charge is -2.32. The van der Waals surface area contributed by atoms with Crippen molar-refractivity contribution in [3.05, 3.63) is 35.3 Å². The number of aromatic nitrogens is 1. The molecule has 1 aliphatic rings. The summed E-state index contributed by atoms with van der Waals surface area (Å²) in [6.45, 7) is 13.1. The van der Waals surface area contributed by atoms with Crippen LogP contribution in [0.15, 0.2) is 18.3 Å². The monoisotopic (exact) mass is 345 g/mol. The summed E-state index contributed by atoms with van der Waals surface area (Å²) in [6, 6.07) is 3.26. The Hall–Kier alpha value is -1.50. The van der Waals surface area contributed by atoms with Crippen molar-refractivity contribution in [1.29, 1.82) is 0 Å².